The zero-order chi connectivity index (χ0) is 79.6. The first-order chi connectivity index (χ1) is 51.3. The average Bonchev–Trinajstić information content (AvgIpc) is 1.57. The number of rotatable bonds is 9. The van der Waals surface area contributed by atoms with Crippen LogP contribution in [0.1, 0.15) is 158 Å². The van der Waals surface area contributed by atoms with E-state index < -0.39 is 16.2 Å². The number of para-hydroxylation sites is 1. The van der Waals surface area contributed by atoms with Crippen molar-refractivity contribution in [3.8, 4) is 103 Å². The first-order valence-corrected chi connectivity index (χ1v) is 39.7. The summed E-state index contributed by atoms with van der Waals surface area (Å²) in [5, 5.41) is -0.790. The first kappa shape index (κ1) is 82.6. The van der Waals surface area contributed by atoms with Crippen molar-refractivity contribution in [3.63, 3.8) is 0 Å². The van der Waals surface area contributed by atoms with Gasteiger partial charge in [0.2, 0.25) is 0 Å². The van der Waals surface area contributed by atoms with E-state index in [1.807, 2.05) is 84.9 Å². The molecule has 0 N–H and O–H groups in total. The van der Waals surface area contributed by atoms with Crippen LogP contribution in [0.3, 0.4) is 0 Å². The Morgan fingerprint density at radius 2 is 0.532 bits per heavy atom. The van der Waals surface area contributed by atoms with Crippen molar-refractivity contribution in [1.29, 1.82) is 0 Å². The van der Waals surface area contributed by atoms with E-state index >= 15 is 0 Å². The van der Waals surface area contributed by atoms with Gasteiger partial charge in [0, 0.05) is 88.6 Å². The van der Waals surface area contributed by atoms with Crippen molar-refractivity contribution < 1.29 is 38.4 Å². The second kappa shape index (κ2) is 29.7. The van der Waals surface area contributed by atoms with Gasteiger partial charge < -0.3 is 48.9 Å². The topological polar surface area (TPSA) is 142 Å². The summed E-state index contributed by atoms with van der Waals surface area (Å²) in [5.74, 6) is 1.03. The van der Waals surface area contributed by atoms with Crippen LogP contribution in [0.25, 0.3) is 101 Å². The molecule has 566 valence electrons. The first-order valence-electron chi connectivity index (χ1n) is 35.2. The standard InChI is InChI=1S/C86H72Cl12N8O4.Zn/c1-81(2,3)38-28-31-46(42(34-38)84(10,11)12)108-70-62(92)54-51(59(89)67(70)97)75-102-77-53-49(57(87)65(95)69(61(53)91)107-45-27-23-22-26-41(45)37-24-20-19-21-25-37)73(100-77)99-74-50-55(63(93)71(66(96)58(50)88)109-47-32-29-39(82(4,5)6)35-43(47)85(13,14)15)79(101-74)106-80-56-52(76(105-80)104-78(54)103-75)60(90)68(98)72(64(56)94)110-48-33-30-40(83(7,8)9)36-44(48)86(16,17)18;/h19-36H,1-18H3;/q-2;+2. The van der Waals surface area contributed by atoms with Crippen LogP contribution in [0.5, 0.6) is 46.0 Å². The molecule has 0 radical (unpaired) electrons. The molecule has 8 bridgehead atoms. The molecule has 0 aliphatic carbocycles. The maximum absolute atomic E-state index is 7.88. The third-order valence-corrected chi connectivity index (χ3v) is 24.2. The molecular weight excluding hydrogens is 1700 g/mol. The summed E-state index contributed by atoms with van der Waals surface area (Å²) in [7, 11) is 0. The van der Waals surface area contributed by atoms with Crippen molar-refractivity contribution >= 4 is 183 Å². The van der Waals surface area contributed by atoms with E-state index in [1.54, 1.807) is 6.07 Å². The second-order valence-corrected chi connectivity index (χ2v) is 38.0. The monoisotopic (exact) mass is 1760 g/mol. The Hall–Kier alpha value is -6.36. The van der Waals surface area contributed by atoms with Gasteiger partial charge in [0.1, 0.15) is 43.1 Å². The molecule has 12 aromatic rings. The molecule has 25 heteroatoms. The van der Waals surface area contributed by atoms with Crippen molar-refractivity contribution in [2.24, 2.45) is 0 Å². The van der Waals surface area contributed by atoms with Crippen LogP contribution < -0.4 is 28.9 Å². The summed E-state index contributed by atoms with van der Waals surface area (Å²) < 4.78 is 27.7. The van der Waals surface area contributed by atoms with Crippen LogP contribution in [0.4, 0.5) is 0 Å². The summed E-state index contributed by atoms with van der Waals surface area (Å²) in [6.07, 6.45) is 0. The van der Waals surface area contributed by atoms with E-state index in [0.29, 0.717) is 28.6 Å². The Balaban J connectivity index is 0.0000108. The number of halogens is 12. The normalized spacial score (nSPS) is 12.7. The Morgan fingerprint density at radius 3 is 0.847 bits per heavy atom. The van der Waals surface area contributed by atoms with Gasteiger partial charge in [-0.15, -0.1) is 0 Å². The zero-order valence-corrected chi connectivity index (χ0v) is 75.9. The van der Waals surface area contributed by atoms with Gasteiger partial charge in [-0.1, -0.05) is 349 Å². The maximum Gasteiger partial charge on any atom is 2.00 e. The Bertz CT molecular complexity index is 6100. The summed E-state index contributed by atoms with van der Waals surface area (Å²) >= 11 is 92.2. The number of aromatic nitrogens is 8. The molecule has 3 aromatic heterocycles. The number of ether oxygens (including phenoxy) is 4. The van der Waals surface area contributed by atoms with Crippen molar-refractivity contribution in [2.75, 3.05) is 0 Å². The van der Waals surface area contributed by atoms with Crippen LogP contribution in [-0.2, 0) is 52.0 Å². The van der Waals surface area contributed by atoms with E-state index in [-0.39, 0.29) is 209 Å². The molecule has 0 saturated carbocycles. The van der Waals surface area contributed by atoms with Crippen LogP contribution in [0.15, 0.2) is 109 Å². The van der Waals surface area contributed by atoms with Gasteiger partial charge in [0.25, 0.3) is 0 Å². The molecule has 0 unspecified atom stereocenters. The fraction of sp³-hybridized carbons (Fsp3) is 0.279. The van der Waals surface area contributed by atoms with Gasteiger partial charge in [-0.05, 0) is 79.0 Å². The van der Waals surface area contributed by atoms with E-state index in [1.165, 1.54) is 0 Å². The molecule has 9 aromatic carbocycles. The van der Waals surface area contributed by atoms with Crippen LogP contribution in [-0.4, -0.2) is 29.9 Å². The summed E-state index contributed by atoms with van der Waals surface area (Å²) in [6.45, 7) is 38.0. The van der Waals surface area contributed by atoms with E-state index in [2.05, 4.69) is 143 Å². The van der Waals surface area contributed by atoms with Gasteiger partial charge in [0.05, 0.1) is 63.5 Å². The molecule has 14 rings (SSSR count). The molecule has 111 heavy (non-hydrogen) atoms. The number of hydrogen-bond acceptors (Lipinski definition) is 10. The minimum absolute atomic E-state index is 0. The maximum atomic E-state index is 7.88. The minimum Gasteiger partial charge on any atom is -0.454 e. The van der Waals surface area contributed by atoms with Crippen LogP contribution in [0, 0.1) is 0 Å². The third kappa shape index (κ3) is 14.9. The Labute approximate surface area is 717 Å². The summed E-state index contributed by atoms with van der Waals surface area (Å²) in [4.78, 5) is 41.9. The summed E-state index contributed by atoms with van der Waals surface area (Å²) in [6, 6.07) is 35.0. The third-order valence-electron chi connectivity index (χ3n) is 19.4. The molecule has 0 amide bonds. The molecule has 0 fully saturated rings. The predicted octanol–water partition coefficient (Wildman–Crippen LogP) is 30.6. The summed E-state index contributed by atoms with van der Waals surface area (Å²) in [5.41, 5.74) is 5.09. The fourth-order valence-electron chi connectivity index (χ4n) is 13.4. The average molecular weight is 1770 g/mol. The van der Waals surface area contributed by atoms with E-state index in [0.717, 1.165) is 38.9 Å². The molecule has 0 atom stereocenters. The van der Waals surface area contributed by atoms with Gasteiger partial charge in [0.15, 0.2) is 23.0 Å². The van der Waals surface area contributed by atoms with E-state index in [9.17, 15) is 0 Å². The van der Waals surface area contributed by atoms with Gasteiger partial charge in [-0.25, -0.2) is 9.97 Å². The smallest absolute Gasteiger partial charge is 0.454 e. The molecule has 0 saturated heterocycles. The van der Waals surface area contributed by atoms with Gasteiger partial charge >= 0.3 is 19.5 Å². The van der Waals surface area contributed by atoms with Crippen molar-refractivity contribution in [3.05, 3.63) is 203 Å². The SMILES string of the molecule is CC(C)(C)c1ccc(Oc2c(Cl)c(Cl)c3c(c2Cl)-c2nc-3nc3[n-]c(nc4nc(nc5[n-]c(n2)c2c(Cl)c(Cl)c(Oc6ccc(C(C)(C)C)cc6C(C)(C)C)c(Cl)c52)-c2c(Cl)c(Oc5ccc(C(C)(C)C)cc5C(C)(C)C)c(Cl)c(Cl)c2-4)c2c(Cl)c(Cl)c(Oc4ccccc4-c4ccccc4)c(Cl)c32)c(C(C)(C)C)c1.[Zn+2]. The second-order valence-electron chi connectivity index (χ2n) is 33.5. The Morgan fingerprint density at radius 1 is 0.261 bits per heavy atom. The van der Waals surface area contributed by atoms with Crippen molar-refractivity contribution in [1.82, 2.24) is 39.9 Å². The number of nitrogens with zero attached hydrogens (tertiary/aromatic N) is 8. The molecule has 5 heterocycles. The predicted molar refractivity (Wildman–Crippen MR) is 458 cm³/mol. The molecule has 0 spiro atoms. The Kier molecular flexibility index (Phi) is 22.1. The number of fused-ring (bicyclic) bond motifs is 20. The zero-order valence-electron chi connectivity index (χ0n) is 63.8. The largest absolute Gasteiger partial charge is 2.00 e. The number of hydrogen-bond donors (Lipinski definition) is 0. The van der Waals surface area contributed by atoms with Gasteiger partial charge in [-0.3, -0.25) is 0 Å². The molecule has 12 nitrogen and oxygen atoms in total. The molecular formula is C86H72Cl12N8O4Zn. The number of benzene rings is 9. The van der Waals surface area contributed by atoms with Crippen molar-refractivity contribution in [2.45, 2.75) is 157 Å². The molecule has 2 aliphatic rings. The fourth-order valence-corrected chi connectivity index (χ4v) is 16.8. The quantitative estimate of drug-likeness (QED) is 0.100. The van der Waals surface area contributed by atoms with Crippen LogP contribution >= 0.6 is 139 Å². The van der Waals surface area contributed by atoms with Gasteiger partial charge in [-0.2, -0.15) is 0 Å². The molecule has 2 aliphatic heterocycles. The minimum atomic E-state index is -0.462. The van der Waals surface area contributed by atoms with Crippen LogP contribution in [0.2, 0.25) is 60.3 Å². The van der Waals surface area contributed by atoms with E-state index in [4.69, 9.17) is 198 Å².